The highest BCUT2D eigenvalue weighted by atomic mass is 32.1. The van der Waals surface area contributed by atoms with Crippen LogP contribution in [-0.4, -0.2) is 24.3 Å². The number of nitrogens with one attached hydrogen (secondary N) is 1. The zero-order valence-electron chi connectivity index (χ0n) is 15.0. The zero-order chi connectivity index (χ0) is 18.8. The molecular formula is C21H21NO4S. The molecule has 6 heteroatoms. The maximum atomic E-state index is 13.1. The van der Waals surface area contributed by atoms with Gasteiger partial charge in [-0.1, -0.05) is 30.3 Å². The van der Waals surface area contributed by atoms with E-state index >= 15 is 0 Å². The molecule has 27 heavy (non-hydrogen) atoms. The van der Waals surface area contributed by atoms with Gasteiger partial charge in [0.05, 0.1) is 11.5 Å². The summed E-state index contributed by atoms with van der Waals surface area (Å²) >= 11 is 1.47. The first kappa shape index (κ1) is 17.9. The van der Waals surface area contributed by atoms with Gasteiger partial charge in [-0.3, -0.25) is 14.4 Å². The molecule has 2 aliphatic carbocycles. The summed E-state index contributed by atoms with van der Waals surface area (Å²) in [6.45, 7) is -0.309. The van der Waals surface area contributed by atoms with Crippen molar-refractivity contribution in [2.45, 2.75) is 38.5 Å². The lowest BCUT2D eigenvalue weighted by atomic mass is 9.92. The summed E-state index contributed by atoms with van der Waals surface area (Å²) in [5.41, 5.74) is 2.27. The second kappa shape index (κ2) is 7.64. The Bertz CT molecular complexity index is 883. The number of carbonyl (C=O) groups excluding carboxylic acids is 3. The van der Waals surface area contributed by atoms with E-state index in [9.17, 15) is 14.4 Å². The van der Waals surface area contributed by atoms with Gasteiger partial charge in [0.25, 0.3) is 5.91 Å². The van der Waals surface area contributed by atoms with Gasteiger partial charge >= 0.3 is 5.97 Å². The molecular weight excluding hydrogens is 362 g/mol. The Balaban J connectivity index is 1.56. The highest BCUT2D eigenvalue weighted by Crippen LogP contribution is 2.39. The van der Waals surface area contributed by atoms with Crippen molar-refractivity contribution in [2.75, 3.05) is 11.9 Å². The third-order valence-corrected chi connectivity index (χ3v) is 6.15. The van der Waals surface area contributed by atoms with E-state index in [-0.39, 0.29) is 24.3 Å². The highest BCUT2D eigenvalue weighted by Gasteiger charge is 2.32. The summed E-state index contributed by atoms with van der Waals surface area (Å²) in [5.74, 6) is -0.816. The van der Waals surface area contributed by atoms with Crippen molar-refractivity contribution in [2.24, 2.45) is 5.92 Å². The predicted octanol–water partition coefficient (Wildman–Crippen LogP) is 3.75. The Labute approximate surface area is 161 Å². The fraction of sp³-hybridized carbons (Fsp3) is 0.381. The van der Waals surface area contributed by atoms with Crippen molar-refractivity contribution in [3.05, 3.63) is 51.9 Å². The molecule has 1 aromatic carbocycles. The van der Waals surface area contributed by atoms with E-state index in [2.05, 4.69) is 5.32 Å². The summed E-state index contributed by atoms with van der Waals surface area (Å²) in [7, 11) is 0. The maximum absolute atomic E-state index is 13.1. The molecule has 0 aliphatic heterocycles. The molecule has 1 amide bonds. The minimum atomic E-state index is -0.398. The number of ketones is 1. The van der Waals surface area contributed by atoms with Crippen molar-refractivity contribution in [1.29, 1.82) is 0 Å². The third kappa shape index (κ3) is 3.95. The van der Waals surface area contributed by atoms with E-state index < -0.39 is 5.91 Å². The first-order chi connectivity index (χ1) is 13.1. The topological polar surface area (TPSA) is 72.5 Å². The van der Waals surface area contributed by atoms with E-state index in [0.717, 1.165) is 44.1 Å². The monoisotopic (exact) mass is 383 g/mol. The van der Waals surface area contributed by atoms with Crippen LogP contribution >= 0.6 is 11.3 Å². The lowest BCUT2D eigenvalue weighted by Crippen LogP contribution is -2.22. The second-order valence-electron chi connectivity index (χ2n) is 7.04. The summed E-state index contributed by atoms with van der Waals surface area (Å²) in [6.07, 6.45) is 5.61. The van der Waals surface area contributed by atoms with Crippen LogP contribution in [0.15, 0.2) is 30.3 Å². The lowest BCUT2D eigenvalue weighted by Gasteiger charge is -2.12. The molecule has 1 N–H and O–H groups in total. The van der Waals surface area contributed by atoms with Gasteiger partial charge in [0, 0.05) is 10.4 Å². The Morgan fingerprint density at radius 3 is 2.56 bits per heavy atom. The number of ether oxygens (including phenoxy) is 1. The van der Waals surface area contributed by atoms with Crippen LogP contribution in [0.2, 0.25) is 0 Å². The molecule has 2 aromatic rings. The number of carbonyl (C=O) groups is 3. The average Bonchev–Trinajstić information content (AvgIpc) is 3.48. The molecule has 0 spiro atoms. The van der Waals surface area contributed by atoms with E-state index in [1.165, 1.54) is 16.2 Å². The first-order valence-corrected chi connectivity index (χ1v) is 10.2. The van der Waals surface area contributed by atoms with Crippen molar-refractivity contribution >= 4 is 34.0 Å². The van der Waals surface area contributed by atoms with E-state index in [1.54, 1.807) is 12.1 Å². The molecule has 1 aromatic heterocycles. The fourth-order valence-electron chi connectivity index (χ4n) is 3.36. The molecule has 1 saturated carbocycles. The van der Waals surface area contributed by atoms with E-state index in [4.69, 9.17) is 4.74 Å². The molecule has 1 fully saturated rings. The Morgan fingerprint density at radius 1 is 1.07 bits per heavy atom. The van der Waals surface area contributed by atoms with Crippen LogP contribution in [-0.2, 0) is 27.2 Å². The van der Waals surface area contributed by atoms with Gasteiger partial charge in [0.1, 0.15) is 5.00 Å². The van der Waals surface area contributed by atoms with Crippen LogP contribution in [0.4, 0.5) is 5.00 Å². The number of anilines is 1. The first-order valence-electron chi connectivity index (χ1n) is 9.34. The van der Waals surface area contributed by atoms with Gasteiger partial charge in [-0.15, -0.1) is 11.3 Å². The van der Waals surface area contributed by atoms with Crippen LogP contribution in [0.1, 0.15) is 52.0 Å². The minimum absolute atomic E-state index is 0.0397. The number of thiophene rings is 1. The third-order valence-electron chi connectivity index (χ3n) is 4.94. The van der Waals surface area contributed by atoms with Crippen molar-refractivity contribution in [1.82, 2.24) is 0 Å². The molecule has 4 rings (SSSR count). The van der Waals surface area contributed by atoms with Crippen molar-refractivity contribution in [3.63, 3.8) is 0 Å². The van der Waals surface area contributed by atoms with Crippen LogP contribution in [0.25, 0.3) is 0 Å². The van der Waals surface area contributed by atoms with Crippen molar-refractivity contribution < 1.29 is 19.1 Å². The number of hydrogen-bond acceptors (Lipinski definition) is 5. The number of fused-ring (bicyclic) bond motifs is 1. The summed E-state index contributed by atoms with van der Waals surface area (Å²) in [5, 5.41) is 3.39. The largest absolute Gasteiger partial charge is 0.455 e. The molecule has 0 bridgehead atoms. The smallest absolute Gasteiger partial charge is 0.309 e. The van der Waals surface area contributed by atoms with Gasteiger partial charge in [-0.25, -0.2) is 0 Å². The molecule has 1 heterocycles. The van der Waals surface area contributed by atoms with Gasteiger partial charge in [0.2, 0.25) is 0 Å². The predicted molar refractivity (Wildman–Crippen MR) is 103 cm³/mol. The quantitative estimate of drug-likeness (QED) is 0.609. The van der Waals surface area contributed by atoms with Gasteiger partial charge in [0.15, 0.2) is 12.4 Å². The molecule has 0 saturated heterocycles. The summed E-state index contributed by atoms with van der Waals surface area (Å²) in [6, 6.07) is 9.12. The van der Waals surface area contributed by atoms with E-state index in [0.29, 0.717) is 16.1 Å². The van der Waals surface area contributed by atoms with Crippen LogP contribution in [0, 0.1) is 5.92 Å². The Morgan fingerprint density at radius 2 is 1.81 bits per heavy atom. The van der Waals surface area contributed by atoms with E-state index in [1.807, 2.05) is 18.2 Å². The molecule has 5 nitrogen and oxygen atoms in total. The highest BCUT2D eigenvalue weighted by molar-refractivity contribution is 7.17. The summed E-state index contributed by atoms with van der Waals surface area (Å²) in [4.78, 5) is 38.2. The Hall–Kier alpha value is -2.47. The molecule has 140 valence electrons. The summed E-state index contributed by atoms with van der Waals surface area (Å²) < 4.78 is 5.06. The Kier molecular flexibility index (Phi) is 5.07. The molecule has 0 radical (unpaired) electrons. The number of esters is 1. The molecule has 0 unspecified atom stereocenters. The maximum Gasteiger partial charge on any atom is 0.309 e. The van der Waals surface area contributed by atoms with Crippen LogP contribution in [0.5, 0.6) is 0 Å². The average molecular weight is 383 g/mol. The fourth-order valence-corrected chi connectivity index (χ4v) is 4.67. The minimum Gasteiger partial charge on any atom is -0.455 e. The number of hydrogen-bond donors (Lipinski definition) is 1. The van der Waals surface area contributed by atoms with Crippen molar-refractivity contribution in [3.8, 4) is 0 Å². The van der Waals surface area contributed by atoms with Gasteiger partial charge in [-0.2, -0.15) is 0 Å². The molecule has 0 atom stereocenters. The van der Waals surface area contributed by atoms with Crippen LogP contribution in [0.3, 0.4) is 0 Å². The number of amides is 1. The SMILES string of the molecule is O=C(COC(=O)C1CC1)Nc1sc2c(c1C(=O)c1ccccc1)CCCC2. The lowest BCUT2D eigenvalue weighted by molar-refractivity contribution is -0.148. The van der Waals surface area contributed by atoms with Gasteiger partial charge in [-0.05, 0) is 44.1 Å². The number of rotatable bonds is 6. The number of benzene rings is 1. The standard InChI is InChI=1S/C21H21NO4S/c23-17(12-26-21(25)14-10-11-14)22-20-18(15-8-4-5-9-16(15)27-20)19(24)13-6-2-1-3-7-13/h1-3,6-7,14H,4-5,8-12H2,(H,22,23). The number of aryl methyl sites for hydroxylation is 1. The normalized spacial score (nSPS) is 15.7. The zero-order valence-corrected chi connectivity index (χ0v) is 15.8. The molecule has 2 aliphatic rings. The second-order valence-corrected chi connectivity index (χ2v) is 8.15. The van der Waals surface area contributed by atoms with Crippen LogP contribution < -0.4 is 5.32 Å². The van der Waals surface area contributed by atoms with Gasteiger partial charge < -0.3 is 10.1 Å².